The van der Waals surface area contributed by atoms with Crippen LogP contribution in [0.4, 0.5) is 0 Å². The number of pyridine rings is 1. The molecule has 5 heteroatoms. The van der Waals surface area contributed by atoms with E-state index in [-0.39, 0.29) is 11.7 Å². The van der Waals surface area contributed by atoms with Crippen molar-refractivity contribution in [1.29, 1.82) is 0 Å². The Balaban J connectivity index is 1.36. The zero-order chi connectivity index (χ0) is 22.5. The molecule has 2 heterocycles. The van der Waals surface area contributed by atoms with Gasteiger partial charge in [-0.3, -0.25) is 4.79 Å². The van der Waals surface area contributed by atoms with Gasteiger partial charge in [-0.15, -0.1) is 0 Å². The first kappa shape index (κ1) is 21.7. The molecule has 4 aromatic rings. The molecule has 0 aliphatic rings. The van der Waals surface area contributed by atoms with Crippen LogP contribution < -0.4 is 0 Å². The predicted molar refractivity (Wildman–Crippen MR) is 126 cm³/mol. The van der Waals surface area contributed by atoms with Gasteiger partial charge in [0.1, 0.15) is 5.69 Å². The number of hydrogen-bond acceptors (Lipinski definition) is 5. The number of rotatable bonds is 8. The number of carbonyl (C=O) groups is 1. The first-order valence-electron chi connectivity index (χ1n) is 10.7. The summed E-state index contributed by atoms with van der Waals surface area (Å²) in [7, 11) is 4.14. The van der Waals surface area contributed by atoms with E-state index in [1.165, 1.54) is 16.7 Å². The van der Waals surface area contributed by atoms with Crippen LogP contribution in [-0.2, 0) is 13.0 Å². The Hall–Kier alpha value is -3.57. The highest BCUT2D eigenvalue weighted by molar-refractivity contribution is 5.92. The predicted octanol–water partition coefficient (Wildman–Crippen LogP) is 5.59. The number of nitrogens with zero attached hydrogens (tertiary/aromatic N) is 3. The summed E-state index contributed by atoms with van der Waals surface area (Å²) in [5.74, 6) is 0.542. The maximum atomic E-state index is 12.5. The average molecular weight is 426 g/mol. The van der Waals surface area contributed by atoms with Crippen molar-refractivity contribution in [1.82, 2.24) is 14.9 Å². The normalized spacial score (nSPS) is 11.1. The second-order valence-corrected chi connectivity index (χ2v) is 8.25. The number of carbonyl (C=O) groups excluding carboxylic acids is 1. The zero-order valence-corrected chi connectivity index (χ0v) is 18.7. The van der Waals surface area contributed by atoms with Gasteiger partial charge >= 0.3 is 0 Å². The molecule has 2 aromatic heterocycles. The van der Waals surface area contributed by atoms with Crippen LogP contribution in [0, 0.1) is 6.92 Å². The lowest BCUT2D eigenvalue weighted by molar-refractivity contribution is 0.0950. The van der Waals surface area contributed by atoms with E-state index in [0.717, 1.165) is 17.8 Å². The second kappa shape index (κ2) is 9.71. The minimum atomic E-state index is -0.107. The molecule has 0 bridgehead atoms. The van der Waals surface area contributed by atoms with Gasteiger partial charge in [-0.2, -0.15) is 0 Å². The number of ketones is 1. The van der Waals surface area contributed by atoms with Crippen LogP contribution >= 0.6 is 0 Å². The zero-order valence-electron chi connectivity index (χ0n) is 18.7. The van der Waals surface area contributed by atoms with Gasteiger partial charge in [0.2, 0.25) is 5.78 Å². The second-order valence-electron chi connectivity index (χ2n) is 8.25. The molecule has 32 heavy (non-hydrogen) atoms. The lowest BCUT2D eigenvalue weighted by Crippen LogP contribution is -2.10. The molecule has 0 fully saturated rings. The Morgan fingerprint density at radius 1 is 0.906 bits per heavy atom. The summed E-state index contributed by atoms with van der Waals surface area (Å²) in [4.78, 5) is 23.3. The van der Waals surface area contributed by atoms with Crippen LogP contribution in [0.5, 0.6) is 0 Å². The number of aryl methyl sites for hydroxylation is 2. The number of Topliss-reactive ketones (excluding diaryl/α,β-unsaturated/α-hetero) is 1. The minimum Gasteiger partial charge on any atom is -0.432 e. The van der Waals surface area contributed by atoms with Crippen LogP contribution in [0.1, 0.15) is 33.9 Å². The molecule has 0 spiro atoms. The van der Waals surface area contributed by atoms with Crippen molar-refractivity contribution in [3.05, 3.63) is 95.6 Å². The smallest absolute Gasteiger partial charge is 0.263 e. The fourth-order valence-corrected chi connectivity index (χ4v) is 3.60. The molecule has 0 aliphatic carbocycles. The average Bonchev–Trinajstić information content (AvgIpc) is 3.29. The van der Waals surface area contributed by atoms with Gasteiger partial charge < -0.3 is 9.32 Å². The summed E-state index contributed by atoms with van der Waals surface area (Å²) in [6, 6.07) is 22.7. The summed E-state index contributed by atoms with van der Waals surface area (Å²) < 4.78 is 5.66. The number of aromatic nitrogens is 2. The molecule has 4 rings (SSSR count). The monoisotopic (exact) mass is 425 g/mol. The van der Waals surface area contributed by atoms with E-state index >= 15 is 0 Å². The molecule has 0 saturated heterocycles. The van der Waals surface area contributed by atoms with Crippen LogP contribution in [0.15, 0.2) is 77.3 Å². The minimum absolute atomic E-state index is 0.107. The van der Waals surface area contributed by atoms with Crippen molar-refractivity contribution in [3.8, 4) is 22.6 Å². The van der Waals surface area contributed by atoms with Crippen LogP contribution in [0.3, 0.4) is 0 Å². The van der Waals surface area contributed by atoms with Crippen molar-refractivity contribution in [2.75, 3.05) is 14.1 Å². The third kappa shape index (κ3) is 5.37. The summed E-state index contributed by atoms with van der Waals surface area (Å²) in [5, 5.41) is 0. The molecule has 0 atom stereocenters. The summed E-state index contributed by atoms with van der Waals surface area (Å²) in [6.45, 7) is 2.85. The van der Waals surface area contributed by atoms with Gasteiger partial charge in [0.05, 0.1) is 6.20 Å². The summed E-state index contributed by atoms with van der Waals surface area (Å²) >= 11 is 0. The van der Waals surface area contributed by atoms with E-state index in [0.29, 0.717) is 24.3 Å². The Bertz CT molecular complexity index is 1190. The fraction of sp³-hybridized carbons (Fsp3) is 0.222. The van der Waals surface area contributed by atoms with Crippen molar-refractivity contribution in [2.45, 2.75) is 26.3 Å². The maximum Gasteiger partial charge on any atom is 0.263 e. The van der Waals surface area contributed by atoms with Gasteiger partial charge in [-0.05, 0) is 61.8 Å². The van der Waals surface area contributed by atoms with Crippen molar-refractivity contribution < 1.29 is 9.21 Å². The molecular formula is C27H27N3O2. The van der Waals surface area contributed by atoms with Crippen molar-refractivity contribution >= 4 is 5.78 Å². The highest BCUT2D eigenvalue weighted by Gasteiger charge is 2.15. The van der Waals surface area contributed by atoms with Crippen molar-refractivity contribution in [3.63, 3.8) is 0 Å². The van der Waals surface area contributed by atoms with E-state index in [9.17, 15) is 4.79 Å². The molecule has 2 aromatic carbocycles. The molecule has 0 saturated carbocycles. The first-order chi connectivity index (χ1) is 15.5. The van der Waals surface area contributed by atoms with Gasteiger partial charge in [0.15, 0.2) is 5.76 Å². The Kier molecular flexibility index (Phi) is 6.57. The third-order valence-corrected chi connectivity index (χ3v) is 5.27. The number of benzene rings is 2. The Morgan fingerprint density at radius 3 is 2.19 bits per heavy atom. The molecule has 0 radical (unpaired) electrons. The van der Waals surface area contributed by atoms with Gasteiger partial charge in [-0.1, -0.05) is 54.6 Å². The van der Waals surface area contributed by atoms with E-state index < -0.39 is 0 Å². The quantitative estimate of drug-likeness (QED) is 0.345. The third-order valence-electron chi connectivity index (χ3n) is 5.27. The standard InChI is InChI=1S/C27H27N3O2/c1-19-5-4-6-24(29-19)26-17-28-27(32-26)25(31)16-11-20-7-12-22(13-8-20)23-14-9-21(10-15-23)18-30(2)3/h4-10,12-15,17H,11,16,18H2,1-3H3. The highest BCUT2D eigenvalue weighted by atomic mass is 16.4. The lowest BCUT2D eigenvalue weighted by Gasteiger charge is -2.10. The molecule has 0 aliphatic heterocycles. The fourth-order valence-electron chi connectivity index (χ4n) is 3.60. The largest absolute Gasteiger partial charge is 0.432 e. The summed E-state index contributed by atoms with van der Waals surface area (Å²) in [6.07, 6.45) is 2.55. The first-order valence-corrected chi connectivity index (χ1v) is 10.7. The molecule has 0 unspecified atom stereocenters. The van der Waals surface area contributed by atoms with Crippen LogP contribution in [0.25, 0.3) is 22.6 Å². The summed E-state index contributed by atoms with van der Waals surface area (Å²) in [5.41, 5.74) is 6.33. The van der Waals surface area contributed by atoms with Crippen molar-refractivity contribution in [2.24, 2.45) is 0 Å². The molecular weight excluding hydrogens is 398 g/mol. The SMILES string of the molecule is Cc1cccc(-c2cnc(C(=O)CCc3ccc(-c4ccc(CN(C)C)cc4)cc3)o2)n1. The lowest BCUT2D eigenvalue weighted by atomic mass is 10.0. The van der Waals surface area contributed by atoms with Crippen LogP contribution in [0.2, 0.25) is 0 Å². The molecule has 162 valence electrons. The molecule has 0 N–H and O–H groups in total. The topological polar surface area (TPSA) is 59.2 Å². The highest BCUT2D eigenvalue weighted by Crippen LogP contribution is 2.22. The van der Waals surface area contributed by atoms with E-state index in [4.69, 9.17) is 4.42 Å². The number of oxazole rings is 1. The molecule has 0 amide bonds. The van der Waals surface area contributed by atoms with Gasteiger partial charge in [0.25, 0.3) is 5.89 Å². The van der Waals surface area contributed by atoms with E-state index in [1.807, 2.05) is 25.1 Å². The van der Waals surface area contributed by atoms with Crippen LogP contribution in [-0.4, -0.2) is 34.7 Å². The van der Waals surface area contributed by atoms with Gasteiger partial charge in [-0.25, -0.2) is 9.97 Å². The van der Waals surface area contributed by atoms with Gasteiger partial charge in [0, 0.05) is 18.7 Å². The Labute approximate surface area is 188 Å². The molecule has 5 nitrogen and oxygen atoms in total. The Morgan fingerprint density at radius 2 is 1.56 bits per heavy atom. The van der Waals surface area contributed by atoms with E-state index in [2.05, 4.69) is 77.5 Å². The maximum absolute atomic E-state index is 12.5. The number of hydrogen-bond donors (Lipinski definition) is 0. The van der Waals surface area contributed by atoms with E-state index in [1.54, 1.807) is 6.20 Å².